The van der Waals surface area contributed by atoms with E-state index >= 15 is 0 Å². The minimum atomic E-state index is 0.629. The summed E-state index contributed by atoms with van der Waals surface area (Å²) in [5, 5.41) is 0. The smallest absolute Gasteiger partial charge is 0.0404 e. The highest BCUT2D eigenvalue weighted by Crippen LogP contribution is 2.21. The Morgan fingerprint density at radius 1 is 1.11 bits per heavy atom. The largest absolute Gasteiger partial charge is 0.300 e. The normalized spacial score (nSPS) is 18.5. The van der Waals surface area contributed by atoms with Crippen molar-refractivity contribution in [2.45, 2.75) is 19.3 Å². The highest BCUT2D eigenvalue weighted by molar-refractivity contribution is 6.18. The molecule has 0 N–H and O–H groups in total. The van der Waals surface area contributed by atoms with Crippen molar-refractivity contribution in [2.24, 2.45) is 5.92 Å². The summed E-state index contributed by atoms with van der Waals surface area (Å²) in [4.78, 5) is 2.52. The van der Waals surface area contributed by atoms with Crippen LogP contribution in [0.4, 0.5) is 0 Å². The molecule has 1 nitrogen and oxygen atoms in total. The Hall–Kier alpha value is -0.790. The Morgan fingerprint density at radius 2 is 1.83 bits per heavy atom. The Kier molecular flexibility index (Phi) is 5.76. The van der Waals surface area contributed by atoms with Gasteiger partial charge in [-0.15, -0.1) is 11.6 Å². The number of rotatable bonds is 5. The fourth-order valence-corrected chi connectivity index (χ4v) is 2.73. The molecule has 0 atom stereocenters. The Morgan fingerprint density at radius 3 is 2.50 bits per heavy atom. The van der Waals surface area contributed by atoms with E-state index in [0.29, 0.717) is 5.88 Å². The summed E-state index contributed by atoms with van der Waals surface area (Å²) in [5.41, 5.74) is 1.48. The van der Waals surface area contributed by atoms with Crippen LogP contribution in [0.5, 0.6) is 0 Å². The molecule has 1 fully saturated rings. The fourth-order valence-electron chi connectivity index (χ4n) is 2.61. The van der Waals surface area contributed by atoms with Gasteiger partial charge in [-0.1, -0.05) is 42.5 Å². The van der Waals surface area contributed by atoms with Crippen molar-refractivity contribution in [1.29, 1.82) is 0 Å². The zero-order valence-electron chi connectivity index (χ0n) is 10.9. The van der Waals surface area contributed by atoms with Gasteiger partial charge in [0.15, 0.2) is 0 Å². The molecular formula is C16H22ClN. The SMILES string of the molecule is ClCC=CCN1CCC(Cc2ccccc2)CC1. The van der Waals surface area contributed by atoms with E-state index in [1.165, 1.54) is 37.9 Å². The zero-order chi connectivity index (χ0) is 12.6. The quantitative estimate of drug-likeness (QED) is 0.578. The first-order valence-corrected chi connectivity index (χ1v) is 7.39. The fraction of sp³-hybridized carbons (Fsp3) is 0.500. The van der Waals surface area contributed by atoms with Crippen molar-refractivity contribution in [1.82, 2.24) is 4.90 Å². The highest BCUT2D eigenvalue weighted by atomic mass is 35.5. The van der Waals surface area contributed by atoms with Gasteiger partial charge in [0.2, 0.25) is 0 Å². The maximum atomic E-state index is 5.63. The lowest BCUT2D eigenvalue weighted by molar-refractivity contribution is 0.200. The molecule has 2 rings (SSSR count). The first kappa shape index (κ1) is 13.6. The third-order valence-corrected chi connectivity index (χ3v) is 3.87. The van der Waals surface area contributed by atoms with Crippen LogP contribution in [-0.4, -0.2) is 30.4 Å². The number of benzene rings is 1. The number of nitrogens with zero attached hydrogens (tertiary/aromatic N) is 1. The average molecular weight is 264 g/mol. The molecule has 0 saturated carbocycles. The zero-order valence-corrected chi connectivity index (χ0v) is 11.6. The summed E-state index contributed by atoms with van der Waals surface area (Å²) in [6.07, 6.45) is 8.11. The van der Waals surface area contributed by atoms with E-state index in [0.717, 1.165) is 12.5 Å². The maximum Gasteiger partial charge on any atom is 0.0404 e. The van der Waals surface area contributed by atoms with Gasteiger partial charge >= 0.3 is 0 Å². The van der Waals surface area contributed by atoms with Crippen molar-refractivity contribution in [2.75, 3.05) is 25.5 Å². The monoisotopic (exact) mass is 263 g/mol. The standard InChI is InChI=1S/C16H22ClN/c17-10-4-5-11-18-12-8-16(9-13-18)14-15-6-2-1-3-7-15/h1-7,16H,8-14H2. The minimum Gasteiger partial charge on any atom is -0.300 e. The molecule has 0 spiro atoms. The third kappa shape index (κ3) is 4.47. The lowest BCUT2D eigenvalue weighted by atomic mass is 9.90. The van der Waals surface area contributed by atoms with Gasteiger partial charge in [0, 0.05) is 12.4 Å². The first-order valence-electron chi connectivity index (χ1n) is 6.85. The predicted octanol–water partition coefficient (Wildman–Crippen LogP) is 3.74. The number of likely N-dealkylation sites (tertiary alicyclic amines) is 1. The van der Waals surface area contributed by atoms with Gasteiger partial charge in [-0.05, 0) is 43.8 Å². The molecule has 1 aromatic rings. The van der Waals surface area contributed by atoms with Crippen LogP contribution >= 0.6 is 11.6 Å². The predicted molar refractivity (Wildman–Crippen MR) is 79.2 cm³/mol. The summed E-state index contributed by atoms with van der Waals surface area (Å²) in [7, 11) is 0. The molecule has 18 heavy (non-hydrogen) atoms. The van der Waals surface area contributed by atoms with Gasteiger partial charge in [0.05, 0.1) is 0 Å². The van der Waals surface area contributed by atoms with Crippen LogP contribution in [0.2, 0.25) is 0 Å². The molecule has 0 radical (unpaired) electrons. The van der Waals surface area contributed by atoms with Gasteiger partial charge in [-0.3, -0.25) is 4.90 Å². The third-order valence-electron chi connectivity index (χ3n) is 3.69. The van der Waals surface area contributed by atoms with Crippen LogP contribution in [0.15, 0.2) is 42.5 Å². The van der Waals surface area contributed by atoms with Crippen molar-refractivity contribution < 1.29 is 0 Å². The summed E-state index contributed by atoms with van der Waals surface area (Å²) in [6, 6.07) is 10.9. The van der Waals surface area contributed by atoms with Crippen LogP contribution in [0.3, 0.4) is 0 Å². The first-order chi connectivity index (χ1) is 8.88. The summed E-state index contributed by atoms with van der Waals surface area (Å²) in [5.74, 6) is 1.49. The van der Waals surface area contributed by atoms with Crippen molar-refractivity contribution in [3.05, 3.63) is 48.0 Å². The second-order valence-electron chi connectivity index (χ2n) is 5.06. The Balaban J connectivity index is 1.72. The Bertz CT molecular complexity index is 353. The molecule has 1 heterocycles. The molecule has 1 saturated heterocycles. The van der Waals surface area contributed by atoms with E-state index in [-0.39, 0.29) is 0 Å². The molecule has 0 aromatic heterocycles. The van der Waals surface area contributed by atoms with E-state index in [9.17, 15) is 0 Å². The van der Waals surface area contributed by atoms with Gasteiger partial charge in [-0.2, -0.15) is 0 Å². The topological polar surface area (TPSA) is 3.24 Å². The van der Waals surface area contributed by atoms with Crippen LogP contribution in [0, 0.1) is 5.92 Å². The summed E-state index contributed by atoms with van der Waals surface area (Å²) >= 11 is 5.63. The average Bonchev–Trinajstić information content (AvgIpc) is 2.42. The van der Waals surface area contributed by atoms with Crippen LogP contribution in [-0.2, 0) is 6.42 Å². The van der Waals surface area contributed by atoms with Gasteiger partial charge < -0.3 is 0 Å². The molecule has 1 aromatic carbocycles. The van der Waals surface area contributed by atoms with E-state index in [1.807, 2.05) is 6.08 Å². The van der Waals surface area contributed by atoms with E-state index in [2.05, 4.69) is 41.3 Å². The highest BCUT2D eigenvalue weighted by Gasteiger charge is 2.18. The second kappa shape index (κ2) is 7.60. The number of alkyl halides is 1. The molecule has 0 unspecified atom stereocenters. The maximum absolute atomic E-state index is 5.63. The molecule has 98 valence electrons. The van der Waals surface area contributed by atoms with Crippen molar-refractivity contribution >= 4 is 11.6 Å². The summed E-state index contributed by atoms with van der Waals surface area (Å²) in [6.45, 7) is 3.51. The lowest BCUT2D eigenvalue weighted by Gasteiger charge is -2.31. The van der Waals surface area contributed by atoms with E-state index in [4.69, 9.17) is 11.6 Å². The van der Waals surface area contributed by atoms with Gasteiger partial charge in [-0.25, -0.2) is 0 Å². The lowest BCUT2D eigenvalue weighted by Crippen LogP contribution is -2.34. The van der Waals surface area contributed by atoms with Gasteiger partial charge in [0.25, 0.3) is 0 Å². The van der Waals surface area contributed by atoms with Crippen LogP contribution < -0.4 is 0 Å². The number of halogens is 1. The van der Waals surface area contributed by atoms with Crippen molar-refractivity contribution in [3.8, 4) is 0 Å². The molecule has 0 bridgehead atoms. The molecule has 1 aliphatic heterocycles. The molecule has 2 heteroatoms. The minimum absolute atomic E-state index is 0.629. The molecular weight excluding hydrogens is 242 g/mol. The van der Waals surface area contributed by atoms with Crippen LogP contribution in [0.25, 0.3) is 0 Å². The van der Waals surface area contributed by atoms with Gasteiger partial charge in [0.1, 0.15) is 0 Å². The Labute approximate surface area is 115 Å². The number of hydrogen-bond acceptors (Lipinski definition) is 1. The van der Waals surface area contributed by atoms with Crippen molar-refractivity contribution in [3.63, 3.8) is 0 Å². The molecule has 0 amide bonds. The number of piperidine rings is 1. The van der Waals surface area contributed by atoms with Crippen LogP contribution in [0.1, 0.15) is 18.4 Å². The number of allylic oxidation sites excluding steroid dienone is 1. The molecule has 0 aliphatic carbocycles. The summed E-state index contributed by atoms with van der Waals surface area (Å²) < 4.78 is 0. The second-order valence-corrected chi connectivity index (χ2v) is 5.37. The van der Waals surface area contributed by atoms with E-state index < -0.39 is 0 Å². The van der Waals surface area contributed by atoms with E-state index in [1.54, 1.807) is 0 Å². The molecule has 1 aliphatic rings. The number of hydrogen-bond donors (Lipinski definition) is 0.